The predicted molar refractivity (Wildman–Crippen MR) is 134 cm³/mol. The molecule has 0 unspecified atom stereocenters. The fourth-order valence-electron chi connectivity index (χ4n) is 3.46. The molecule has 0 amide bonds. The zero-order valence-corrected chi connectivity index (χ0v) is 21.1. The number of rotatable bonds is 6. The van der Waals surface area contributed by atoms with E-state index in [1.54, 1.807) is 7.11 Å². The molecule has 3 rings (SSSR count). The maximum Gasteiger partial charge on any atom is 0.155 e. The second-order valence-corrected chi connectivity index (χ2v) is 8.96. The molecular formula is C25H35Cl2N3O2. The Kier molecular flexibility index (Phi) is 11.9. The molecule has 4 N–H and O–H groups in total. The number of halogens is 2. The van der Waals surface area contributed by atoms with Gasteiger partial charge in [0.05, 0.1) is 23.6 Å². The van der Waals surface area contributed by atoms with Gasteiger partial charge < -0.3 is 20.9 Å². The van der Waals surface area contributed by atoms with E-state index in [-0.39, 0.29) is 5.41 Å². The lowest BCUT2D eigenvalue weighted by atomic mass is 9.77. The summed E-state index contributed by atoms with van der Waals surface area (Å²) < 4.78 is 10.7. The van der Waals surface area contributed by atoms with Gasteiger partial charge in [0.2, 0.25) is 0 Å². The molecule has 2 aromatic carbocycles. The summed E-state index contributed by atoms with van der Waals surface area (Å²) in [6.07, 6.45) is 2.50. The number of nitrogens with two attached hydrogens (primary N) is 2. The number of alkyl halides is 1. The van der Waals surface area contributed by atoms with Crippen LogP contribution in [0.25, 0.3) is 0 Å². The predicted octanol–water partition coefficient (Wildman–Crippen LogP) is 5.48. The zero-order valence-electron chi connectivity index (χ0n) is 19.6. The fraction of sp³-hybridized carbons (Fsp3) is 0.480. The highest BCUT2D eigenvalue weighted by Crippen LogP contribution is 2.38. The second-order valence-electron chi connectivity index (χ2n) is 8.17. The van der Waals surface area contributed by atoms with Crippen LogP contribution in [-0.4, -0.2) is 32.7 Å². The van der Waals surface area contributed by atoms with E-state index in [0.717, 1.165) is 22.8 Å². The highest BCUT2D eigenvalue weighted by molar-refractivity contribution is 6.32. The zero-order chi connectivity index (χ0) is 24.3. The van der Waals surface area contributed by atoms with E-state index in [1.807, 2.05) is 36.4 Å². The third kappa shape index (κ3) is 7.56. The normalized spacial score (nSPS) is 16.9. The van der Waals surface area contributed by atoms with Crippen LogP contribution in [0.5, 0.6) is 11.5 Å². The average Bonchev–Trinajstić information content (AvgIpc) is 2.78. The minimum absolute atomic E-state index is 0.303. The monoisotopic (exact) mass is 479 g/mol. The lowest BCUT2D eigenvalue weighted by molar-refractivity contribution is 0.290. The highest BCUT2D eigenvalue weighted by Gasteiger charge is 2.26. The molecule has 176 valence electrons. The van der Waals surface area contributed by atoms with E-state index in [0.29, 0.717) is 34.9 Å². The van der Waals surface area contributed by atoms with Crippen molar-refractivity contribution in [2.45, 2.75) is 45.1 Å². The van der Waals surface area contributed by atoms with Crippen molar-refractivity contribution in [3.05, 3.63) is 58.1 Å². The quantitative estimate of drug-likeness (QED) is 0.534. The van der Waals surface area contributed by atoms with Gasteiger partial charge >= 0.3 is 0 Å². The number of ether oxygens (including phenoxy) is 2. The smallest absolute Gasteiger partial charge is 0.155 e. The van der Waals surface area contributed by atoms with Crippen molar-refractivity contribution in [1.29, 1.82) is 5.26 Å². The number of benzene rings is 2. The first-order valence-corrected chi connectivity index (χ1v) is 11.5. The van der Waals surface area contributed by atoms with Crippen molar-refractivity contribution in [1.82, 2.24) is 0 Å². The molecule has 0 aliphatic heterocycles. The summed E-state index contributed by atoms with van der Waals surface area (Å²) in [6, 6.07) is 14.2. The Labute approximate surface area is 202 Å². The van der Waals surface area contributed by atoms with Gasteiger partial charge in [0.25, 0.3) is 0 Å². The van der Waals surface area contributed by atoms with Crippen LogP contribution in [0.1, 0.15) is 50.3 Å². The van der Waals surface area contributed by atoms with Crippen LogP contribution in [-0.2, 0) is 5.41 Å². The summed E-state index contributed by atoms with van der Waals surface area (Å²) in [4.78, 5) is 0. The van der Waals surface area contributed by atoms with E-state index in [9.17, 15) is 5.26 Å². The van der Waals surface area contributed by atoms with Crippen molar-refractivity contribution in [2.75, 3.05) is 26.6 Å². The van der Waals surface area contributed by atoms with Gasteiger partial charge in [0.1, 0.15) is 18.4 Å². The summed E-state index contributed by atoms with van der Waals surface area (Å²) in [5.41, 5.74) is 12.1. The van der Waals surface area contributed by atoms with Gasteiger partial charge in [0.15, 0.2) is 5.75 Å². The van der Waals surface area contributed by atoms with E-state index in [4.69, 9.17) is 38.4 Å². The van der Waals surface area contributed by atoms with Gasteiger partial charge in [0, 0.05) is 11.5 Å². The van der Waals surface area contributed by atoms with Crippen LogP contribution in [0.2, 0.25) is 5.02 Å². The summed E-state index contributed by atoms with van der Waals surface area (Å²) in [5.74, 6) is 2.43. The third-order valence-corrected chi connectivity index (χ3v) is 5.87. The van der Waals surface area contributed by atoms with E-state index in [1.165, 1.54) is 19.9 Å². The molecule has 0 atom stereocenters. The van der Waals surface area contributed by atoms with Gasteiger partial charge in [-0.05, 0) is 61.2 Å². The van der Waals surface area contributed by atoms with Crippen LogP contribution in [0.3, 0.4) is 0 Å². The largest absolute Gasteiger partial charge is 0.497 e. The fourth-order valence-corrected chi connectivity index (χ4v) is 3.81. The molecule has 0 spiro atoms. The van der Waals surface area contributed by atoms with Crippen LogP contribution in [0.4, 0.5) is 0 Å². The van der Waals surface area contributed by atoms with Gasteiger partial charge in [-0.2, -0.15) is 5.26 Å². The van der Waals surface area contributed by atoms with E-state index >= 15 is 0 Å². The first kappa shape index (κ1) is 28.1. The molecule has 7 heteroatoms. The Morgan fingerprint density at radius 3 is 2.12 bits per heavy atom. The Bertz CT molecular complexity index is 868. The summed E-state index contributed by atoms with van der Waals surface area (Å²) in [6.45, 7) is 6.71. The average molecular weight is 480 g/mol. The van der Waals surface area contributed by atoms with Crippen molar-refractivity contribution < 1.29 is 9.47 Å². The lowest BCUT2D eigenvalue weighted by Gasteiger charge is -2.28. The Hall–Kier alpha value is -1.97. The minimum Gasteiger partial charge on any atom is -0.497 e. The van der Waals surface area contributed by atoms with E-state index < -0.39 is 0 Å². The summed E-state index contributed by atoms with van der Waals surface area (Å²) >= 11 is 12.0. The van der Waals surface area contributed by atoms with Crippen LogP contribution in [0, 0.1) is 17.2 Å². The third-order valence-electron chi connectivity index (χ3n) is 5.43. The molecule has 0 bridgehead atoms. The minimum atomic E-state index is -0.327. The Morgan fingerprint density at radius 1 is 1.12 bits per heavy atom. The molecular weight excluding hydrogens is 445 g/mol. The molecule has 2 aromatic rings. The first-order valence-electron chi connectivity index (χ1n) is 10.6. The first-order chi connectivity index (χ1) is 15.2. The van der Waals surface area contributed by atoms with Crippen molar-refractivity contribution in [3.63, 3.8) is 0 Å². The van der Waals surface area contributed by atoms with Gasteiger partial charge in [-0.15, -0.1) is 11.6 Å². The molecule has 1 fully saturated rings. The summed E-state index contributed by atoms with van der Waals surface area (Å²) in [7, 11) is 3.14. The molecule has 5 nitrogen and oxygen atoms in total. The maximum atomic E-state index is 9.43. The second kappa shape index (κ2) is 13.5. The van der Waals surface area contributed by atoms with Crippen LogP contribution < -0.4 is 20.9 Å². The molecule has 0 aromatic heterocycles. The number of nitriles is 1. The molecule has 1 aliphatic rings. The van der Waals surface area contributed by atoms with Gasteiger partial charge in [-0.1, -0.05) is 44.5 Å². The molecule has 32 heavy (non-hydrogen) atoms. The topological polar surface area (TPSA) is 94.3 Å². The SMILES string of the molecule is CC1CC(N)C1.CN.COc1ccc(C(C)(C)c2cc(Cl)c(OCCCl)c(C#N)c2)cc1. The van der Waals surface area contributed by atoms with Crippen LogP contribution >= 0.6 is 23.2 Å². The van der Waals surface area contributed by atoms with Crippen molar-refractivity contribution in [2.24, 2.45) is 17.4 Å². The van der Waals surface area contributed by atoms with Crippen molar-refractivity contribution >= 4 is 23.2 Å². The molecule has 0 saturated heterocycles. The Balaban J connectivity index is 0.000000542. The molecule has 1 saturated carbocycles. The number of hydrogen-bond acceptors (Lipinski definition) is 5. The Morgan fingerprint density at radius 2 is 1.72 bits per heavy atom. The van der Waals surface area contributed by atoms with Gasteiger partial charge in [-0.25, -0.2) is 0 Å². The molecule has 0 radical (unpaired) electrons. The maximum absolute atomic E-state index is 9.43. The number of hydrogen-bond donors (Lipinski definition) is 2. The number of methoxy groups -OCH3 is 1. The molecule has 1 aliphatic carbocycles. The van der Waals surface area contributed by atoms with Gasteiger partial charge in [-0.3, -0.25) is 0 Å². The lowest BCUT2D eigenvalue weighted by Crippen LogP contribution is -2.34. The van der Waals surface area contributed by atoms with Crippen LogP contribution in [0.15, 0.2) is 36.4 Å². The highest BCUT2D eigenvalue weighted by atomic mass is 35.5. The van der Waals surface area contributed by atoms with E-state index in [2.05, 4.69) is 32.6 Å². The molecule has 0 heterocycles. The number of nitrogens with zero attached hydrogens (tertiary/aromatic N) is 1. The standard InChI is InChI=1S/C19H19Cl2NO2.C5H11N.CH5N/c1-19(2,14-4-6-16(23-3)7-5-14)15-10-13(12-22)18(17(21)11-15)24-9-8-20;1-4-2-5(6)3-4;1-2/h4-7,10-11H,8-9H2,1-3H3;4-5H,2-3,6H2,1H3;2H2,1H3. The summed E-state index contributed by atoms with van der Waals surface area (Å²) in [5, 5.41) is 9.85. The van der Waals surface area contributed by atoms with Crippen molar-refractivity contribution in [3.8, 4) is 17.6 Å².